The third-order valence-corrected chi connectivity index (χ3v) is 2.22. The Hall–Kier alpha value is -1.19. The van der Waals surface area contributed by atoms with Crippen molar-refractivity contribution in [3.8, 4) is 0 Å². The van der Waals surface area contributed by atoms with Gasteiger partial charge in [-0.1, -0.05) is 30.3 Å². The Labute approximate surface area is 97.0 Å². The van der Waals surface area contributed by atoms with Crippen molar-refractivity contribution in [3.63, 3.8) is 0 Å². The number of hydrogen-bond donors (Lipinski definition) is 0. The van der Waals surface area contributed by atoms with Crippen molar-refractivity contribution in [1.29, 1.82) is 0 Å². The summed E-state index contributed by atoms with van der Waals surface area (Å²) in [6, 6.07) is 10.1. The largest absolute Gasteiger partial charge is 0.375 e. The molecule has 0 aliphatic rings. The number of nitrogens with zero attached hydrogens (tertiary/aromatic N) is 1. The van der Waals surface area contributed by atoms with Crippen molar-refractivity contribution >= 4 is 5.78 Å². The molecule has 0 N–H and O–H groups in total. The average molecular weight is 221 g/mol. The SMILES string of the molecule is CC(=O)CN(C)CCOCc1ccccc1. The lowest BCUT2D eigenvalue weighted by atomic mass is 10.2. The maximum absolute atomic E-state index is 10.8. The third-order valence-electron chi connectivity index (χ3n) is 2.22. The van der Waals surface area contributed by atoms with E-state index in [0.717, 1.165) is 6.54 Å². The molecule has 3 nitrogen and oxygen atoms in total. The number of benzene rings is 1. The third kappa shape index (κ3) is 5.63. The summed E-state index contributed by atoms with van der Waals surface area (Å²) in [6.07, 6.45) is 0. The summed E-state index contributed by atoms with van der Waals surface area (Å²) in [5, 5.41) is 0. The summed E-state index contributed by atoms with van der Waals surface area (Å²) in [6.45, 7) is 4.16. The molecule has 1 aromatic rings. The van der Waals surface area contributed by atoms with Gasteiger partial charge in [0.05, 0.1) is 19.8 Å². The first-order valence-corrected chi connectivity index (χ1v) is 5.48. The van der Waals surface area contributed by atoms with E-state index in [9.17, 15) is 4.79 Å². The molecule has 0 saturated heterocycles. The summed E-state index contributed by atoms with van der Waals surface area (Å²) in [5.74, 6) is 0.186. The van der Waals surface area contributed by atoms with Crippen LogP contribution in [0.4, 0.5) is 0 Å². The molecule has 0 radical (unpaired) electrons. The van der Waals surface area contributed by atoms with Gasteiger partial charge in [0.2, 0.25) is 0 Å². The molecule has 1 rings (SSSR count). The van der Waals surface area contributed by atoms with E-state index in [-0.39, 0.29) is 5.78 Å². The fraction of sp³-hybridized carbons (Fsp3) is 0.462. The van der Waals surface area contributed by atoms with Gasteiger partial charge < -0.3 is 4.74 Å². The first-order valence-electron chi connectivity index (χ1n) is 5.48. The normalized spacial score (nSPS) is 10.7. The summed E-state index contributed by atoms with van der Waals surface area (Å²) in [7, 11) is 1.92. The van der Waals surface area contributed by atoms with Crippen molar-refractivity contribution in [1.82, 2.24) is 4.90 Å². The number of carbonyl (C=O) groups is 1. The van der Waals surface area contributed by atoms with Gasteiger partial charge in [-0.15, -0.1) is 0 Å². The molecule has 0 heterocycles. The van der Waals surface area contributed by atoms with Crippen molar-refractivity contribution in [2.45, 2.75) is 13.5 Å². The Balaban J connectivity index is 2.10. The number of Topliss-reactive ketones (excluding diaryl/α,β-unsaturated/α-hetero) is 1. The van der Waals surface area contributed by atoms with Gasteiger partial charge in [-0.25, -0.2) is 0 Å². The molecular formula is C13H19NO2. The smallest absolute Gasteiger partial charge is 0.143 e. The summed E-state index contributed by atoms with van der Waals surface area (Å²) >= 11 is 0. The van der Waals surface area contributed by atoms with Crippen LogP contribution in [0.3, 0.4) is 0 Å². The van der Waals surface area contributed by atoms with E-state index in [1.165, 1.54) is 5.56 Å². The second-order valence-corrected chi connectivity index (χ2v) is 3.98. The summed E-state index contributed by atoms with van der Waals surface area (Å²) in [4.78, 5) is 12.8. The molecule has 0 atom stereocenters. The van der Waals surface area contributed by atoms with E-state index in [4.69, 9.17) is 4.74 Å². The van der Waals surface area contributed by atoms with Crippen LogP contribution in [0.15, 0.2) is 30.3 Å². The van der Waals surface area contributed by atoms with Crippen molar-refractivity contribution in [2.24, 2.45) is 0 Å². The van der Waals surface area contributed by atoms with E-state index in [0.29, 0.717) is 19.8 Å². The molecule has 0 fully saturated rings. The highest BCUT2D eigenvalue weighted by Crippen LogP contribution is 2.00. The number of likely N-dealkylation sites (N-methyl/N-ethyl adjacent to an activating group) is 1. The van der Waals surface area contributed by atoms with Gasteiger partial charge in [0.1, 0.15) is 5.78 Å². The van der Waals surface area contributed by atoms with Crippen LogP contribution in [0.2, 0.25) is 0 Å². The molecule has 0 amide bonds. The summed E-state index contributed by atoms with van der Waals surface area (Å²) < 4.78 is 5.52. The van der Waals surface area contributed by atoms with Gasteiger partial charge in [0.15, 0.2) is 0 Å². The van der Waals surface area contributed by atoms with Gasteiger partial charge in [-0.05, 0) is 19.5 Å². The maximum atomic E-state index is 10.8. The van der Waals surface area contributed by atoms with E-state index in [1.54, 1.807) is 6.92 Å². The van der Waals surface area contributed by atoms with Crippen molar-refractivity contribution in [3.05, 3.63) is 35.9 Å². The number of ether oxygens (including phenoxy) is 1. The molecule has 0 bridgehead atoms. The van der Waals surface area contributed by atoms with Crippen LogP contribution < -0.4 is 0 Å². The molecule has 0 aliphatic heterocycles. The van der Waals surface area contributed by atoms with Gasteiger partial charge in [0, 0.05) is 6.54 Å². The molecule has 0 saturated carbocycles. The first-order chi connectivity index (χ1) is 7.68. The standard InChI is InChI=1S/C13H19NO2/c1-12(15)10-14(2)8-9-16-11-13-6-4-3-5-7-13/h3-7H,8-11H2,1-2H3. The van der Waals surface area contributed by atoms with Crippen LogP contribution >= 0.6 is 0 Å². The maximum Gasteiger partial charge on any atom is 0.143 e. The van der Waals surface area contributed by atoms with Crippen LogP contribution in [0, 0.1) is 0 Å². The Morgan fingerprint density at radius 3 is 2.62 bits per heavy atom. The Bertz CT molecular complexity index is 311. The topological polar surface area (TPSA) is 29.5 Å². The number of rotatable bonds is 7. The van der Waals surface area contributed by atoms with Crippen LogP contribution in [0.1, 0.15) is 12.5 Å². The lowest BCUT2D eigenvalue weighted by Crippen LogP contribution is -2.27. The predicted octanol–water partition coefficient (Wildman–Crippen LogP) is 1.72. The second kappa shape index (κ2) is 7.14. The molecule has 0 spiro atoms. The molecule has 0 aromatic heterocycles. The highest BCUT2D eigenvalue weighted by Gasteiger charge is 2.01. The fourth-order valence-electron chi connectivity index (χ4n) is 1.44. The zero-order valence-electron chi connectivity index (χ0n) is 9.98. The zero-order chi connectivity index (χ0) is 11.8. The van der Waals surface area contributed by atoms with Gasteiger partial charge in [0.25, 0.3) is 0 Å². The molecule has 1 aromatic carbocycles. The lowest BCUT2D eigenvalue weighted by Gasteiger charge is -2.14. The van der Waals surface area contributed by atoms with Gasteiger partial charge >= 0.3 is 0 Å². The number of hydrogen-bond acceptors (Lipinski definition) is 3. The van der Waals surface area contributed by atoms with E-state index < -0.39 is 0 Å². The molecule has 88 valence electrons. The number of ketones is 1. The van der Waals surface area contributed by atoms with Gasteiger partial charge in [-0.3, -0.25) is 9.69 Å². The molecule has 3 heteroatoms. The van der Waals surface area contributed by atoms with Crippen LogP contribution in [0.5, 0.6) is 0 Å². The quantitative estimate of drug-likeness (QED) is 0.657. The molecule has 16 heavy (non-hydrogen) atoms. The molecule has 0 aliphatic carbocycles. The van der Waals surface area contributed by atoms with Crippen molar-refractivity contribution < 1.29 is 9.53 Å². The molecule has 0 unspecified atom stereocenters. The van der Waals surface area contributed by atoms with Crippen LogP contribution in [-0.2, 0) is 16.1 Å². The Kier molecular flexibility index (Phi) is 5.75. The Morgan fingerprint density at radius 2 is 2.00 bits per heavy atom. The van der Waals surface area contributed by atoms with Gasteiger partial charge in [-0.2, -0.15) is 0 Å². The minimum absolute atomic E-state index is 0.186. The number of carbonyl (C=O) groups excluding carboxylic acids is 1. The average Bonchev–Trinajstić information content (AvgIpc) is 2.25. The minimum atomic E-state index is 0.186. The second-order valence-electron chi connectivity index (χ2n) is 3.98. The lowest BCUT2D eigenvalue weighted by molar-refractivity contribution is -0.118. The highest BCUT2D eigenvalue weighted by molar-refractivity contribution is 5.77. The summed E-state index contributed by atoms with van der Waals surface area (Å²) in [5.41, 5.74) is 1.18. The highest BCUT2D eigenvalue weighted by atomic mass is 16.5. The van der Waals surface area contributed by atoms with Crippen LogP contribution in [-0.4, -0.2) is 37.4 Å². The predicted molar refractivity (Wildman–Crippen MR) is 64.3 cm³/mol. The monoisotopic (exact) mass is 221 g/mol. The minimum Gasteiger partial charge on any atom is -0.375 e. The first kappa shape index (κ1) is 12.9. The van der Waals surface area contributed by atoms with E-state index in [1.807, 2.05) is 42.3 Å². The van der Waals surface area contributed by atoms with Crippen molar-refractivity contribution in [2.75, 3.05) is 26.7 Å². The fourth-order valence-corrected chi connectivity index (χ4v) is 1.44. The van der Waals surface area contributed by atoms with E-state index >= 15 is 0 Å². The zero-order valence-corrected chi connectivity index (χ0v) is 9.98. The Morgan fingerprint density at radius 1 is 1.31 bits per heavy atom. The molecular weight excluding hydrogens is 202 g/mol. The van der Waals surface area contributed by atoms with E-state index in [2.05, 4.69) is 0 Å². The van der Waals surface area contributed by atoms with Crippen LogP contribution in [0.25, 0.3) is 0 Å².